The van der Waals surface area contributed by atoms with E-state index in [9.17, 15) is 13.9 Å². The lowest BCUT2D eigenvalue weighted by atomic mass is 10.0. The molecule has 0 fully saturated rings. The van der Waals surface area contributed by atoms with Gasteiger partial charge in [0.05, 0.1) is 0 Å². The van der Waals surface area contributed by atoms with Crippen LogP contribution in [0.25, 0.3) is 0 Å². The number of nitrogens with zero attached hydrogens (tertiary/aromatic N) is 2. The van der Waals surface area contributed by atoms with E-state index in [2.05, 4.69) is 0 Å². The second-order valence-electron chi connectivity index (χ2n) is 3.62. The first kappa shape index (κ1) is 12.4. The quantitative estimate of drug-likeness (QED) is 0.856. The summed E-state index contributed by atoms with van der Waals surface area (Å²) in [5.41, 5.74) is 0.855. The van der Waals surface area contributed by atoms with Crippen LogP contribution in [0.4, 0.5) is 14.5 Å². The number of aliphatic hydroxyl groups excluding tert-OH is 1. The third-order valence-corrected chi connectivity index (χ3v) is 2.22. The van der Waals surface area contributed by atoms with Crippen LogP contribution in [0.5, 0.6) is 0 Å². The van der Waals surface area contributed by atoms with E-state index in [4.69, 9.17) is 5.26 Å². The Balaban J connectivity index is 2.95. The average molecular weight is 226 g/mol. The molecule has 1 aromatic rings. The summed E-state index contributed by atoms with van der Waals surface area (Å²) in [6.07, 6.45) is -2.09. The highest BCUT2D eigenvalue weighted by atomic mass is 19.3. The number of alkyl halides is 2. The molecule has 0 aliphatic heterocycles. The van der Waals surface area contributed by atoms with Crippen LogP contribution < -0.4 is 4.90 Å². The van der Waals surface area contributed by atoms with E-state index in [1.807, 2.05) is 14.1 Å². The molecular weight excluding hydrogens is 214 g/mol. The van der Waals surface area contributed by atoms with Crippen molar-refractivity contribution in [3.8, 4) is 6.07 Å². The van der Waals surface area contributed by atoms with Crippen LogP contribution in [0.1, 0.15) is 11.7 Å². The molecule has 1 N–H and O–H groups in total. The SMILES string of the molecule is CN(C)c1ccc(C(O)C(F)(F)C#N)cc1. The number of anilines is 1. The fourth-order valence-electron chi connectivity index (χ4n) is 1.23. The number of benzene rings is 1. The van der Waals surface area contributed by atoms with E-state index in [0.29, 0.717) is 0 Å². The van der Waals surface area contributed by atoms with Gasteiger partial charge in [-0.15, -0.1) is 0 Å². The maximum atomic E-state index is 12.9. The molecule has 1 atom stereocenters. The van der Waals surface area contributed by atoms with Gasteiger partial charge in [-0.2, -0.15) is 14.0 Å². The molecule has 0 heterocycles. The van der Waals surface area contributed by atoms with E-state index in [-0.39, 0.29) is 5.56 Å². The molecule has 0 spiro atoms. The Bertz CT molecular complexity index is 395. The minimum Gasteiger partial charge on any atom is -0.381 e. The van der Waals surface area contributed by atoms with Crippen molar-refractivity contribution < 1.29 is 13.9 Å². The Morgan fingerprint density at radius 2 is 1.81 bits per heavy atom. The van der Waals surface area contributed by atoms with Crippen LogP contribution in [-0.2, 0) is 0 Å². The predicted octanol–water partition coefficient (Wildman–Crippen LogP) is 1.94. The van der Waals surface area contributed by atoms with E-state index < -0.39 is 12.0 Å². The first-order chi connectivity index (χ1) is 7.38. The van der Waals surface area contributed by atoms with Gasteiger partial charge >= 0.3 is 5.92 Å². The normalized spacial score (nSPS) is 13.0. The molecule has 0 bridgehead atoms. The summed E-state index contributed by atoms with van der Waals surface area (Å²) in [5, 5.41) is 17.5. The molecule has 86 valence electrons. The second kappa shape index (κ2) is 4.45. The molecule has 0 aliphatic rings. The van der Waals surface area contributed by atoms with Gasteiger partial charge in [-0.25, -0.2) is 0 Å². The summed E-state index contributed by atoms with van der Waals surface area (Å²) < 4.78 is 25.7. The average Bonchev–Trinajstić information content (AvgIpc) is 2.28. The van der Waals surface area contributed by atoms with Crippen molar-refractivity contribution in [2.24, 2.45) is 0 Å². The Hall–Kier alpha value is -1.67. The van der Waals surface area contributed by atoms with Crippen molar-refractivity contribution in [3.63, 3.8) is 0 Å². The maximum Gasteiger partial charge on any atom is 0.361 e. The number of hydrogen-bond donors (Lipinski definition) is 1. The molecule has 0 saturated carbocycles. The lowest BCUT2D eigenvalue weighted by Crippen LogP contribution is -2.24. The van der Waals surface area contributed by atoms with Crippen molar-refractivity contribution in [1.29, 1.82) is 5.26 Å². The van der Waals surface area contributed by atoms with Gasteiger partial charge < -0.3 is 10.0 Å². The van der Waals surface area contributed by atoms with Gasteiger partial charge in [-0.1, -0.05) is 12.1 Å². The van der Waals surface area contributed by atoms with Crippen molar-refractivity contribution >= 4 is 5.69 Å². The van der Waals surface area contributed by atoms with Crippen molar-refractivity contribution in [1.82, 2.24) is 0 Å². The first-order valence-corrected chi connectivity index (χ1v) is 4.63. The summed E-state index contributed by atoms with van der Waals surface area (Å²) in [6.45, 7) is 0. The second-order valence-corrected chi connectivity index (χ2v) is 3.62. The summed E-state index contributed by atoms with van der Waals surface area (Å²) >= 11 is 0. The minimum atomic E-state index is -3.76. The van der Waals surface area contributed by atoms with Crippen LogP contribution >= 0.6 is 0 Å². The van der Waals surface area contributed by atoms with E-state index in [1.165, 1.54) is 12.1 Å². The van der Waals surface area contributed by atoms with E-state index in [1.54, 1.807) is 17.0 Å². The van der Waals surface area contributed by atoms with Crippen LogP contribution in [0.15, 0.2) is 24.3 Å². The third-order valence-electron chi connectivity index (χ3n) is 2.22. The van der Waals surface area contributed by atoms with Crippen molar-refractivity contribution in [2.45, 2.75) is 12.0 Å². The fourth-order valence-corrected chi connectivity index (χ4v) is 1.23. The zero-order chi connectivity index (χ0) is 12.3. The topological polar surface area (TPSA) is 47.3 Å². The molecule has 5 heteroatoms. The number of aliphatic hydroxyl groups is 1. The highest BCUT2D eigenvalue weighted by Gasteiger charge is 2.39. The largest absolute Gasteiger partial charge is 0.381 e. The standard InChI is InChI=1S/C11H12F2N2O/c1-15(2)9-5-3-8(4-6-9)10(16)11(12,13)7-14/h3-6,10,16H,1-2H3. The predicted molar refractivity (Wildman–Crippen MR) is 56.3 cm³/mol. The molecule has 16 heavy (non-hydrogen) atoms. The molecule has 0 amide bonds. The van der Waals surface area contributed by atoms with E-state index >= 15 is 0 Å². The van der Waals surface area contributed by atoms with Crippen LogP contribution in [0, 0.1) is 11.3 Å². The molecule has 0 radical (unpaired) electrons. The monoisotopic (exact) mass is 226 g/mol. The Labute approximate surface area is 92.5 Å². The molecule has 0 aromatic heterocycles. The maximum absolute atomic E-state index is 12.9. The van der Waals surface area contributed by atoms with Gasteiger partial charge in [-0.05, 0) is 17.7 Å². The third kappa shape index (κ3) is 2.47. The lowest BCUT2D eigenvalue weighted by molar-refractivity contribution is -0.0651. The molecule has 1 unspecified atom stereocenters. The lowest BCUT2D eigenvalue weighted by Gasteiger charge is -2.17. The summed E-state index contributed by atoms with van der Waals surface area (Å²) in [6, 6.07) is 6.75. The molecule has 0 saturated heterocycles. The van der Waals surface area contributed by atoms with Gasteiger partial charge in [0.2, 0.25) is 0 Å². The zero-order valence-corrected chi connectivity index (χ0v) is 8.98. The molecule has 1 aromatic carbocycles. The summed E-state index contributed by atoms with van der Waals surface area (Å²) in [4.78, 5) is 1.80. The molecule has 3 nitrogen and oxygen atoms in total. The Morgan fingerprint density at radius 1 is 1.31 bits per heavy atom. The zero-order valence-electron chi connectivity index (χ0n) is 8.98. The van der Waals surface area contributed by atoms with Crippen molar-refractivity contribution in [3.05, 3.63) is 29.8 Å². The Morgan fingerprint density at radius 3 is 2.19 bits per heavy atom. The van der Waals surface area contributed by atoms with Gasteiger partial charge in [0, 0.05) is 19.8 Å². The summed E-state index contributed by atoms with van der Waals surface area (Å²) in [7, 11) is 3.63. The van der Waals surface area contributed by atoms with E-state index in [0.717, 1.165) is 11.8 Å². The Kier molecular flexibility index (Phi) is 3.45. The highest BCUT2D eigenvalue weighted by molar-refractivity contribution is 5.46. The highest BCUT2D eigenvalue weighted by Crippen LogP contribution is 2.31. The first-order valence-electron chi connectivity index (χ1n) is 4.63. The van der Waals surface area contributed by atoms with Crippen molar-refractivity contribution in [2.75, 3.05) is 19.0 Å². The van der Waals surface area contributed by atoms with Gasteiger partial charge in [0.25, 0.3) is 0 Å². The molecular formula is C11H12F2N2O. The number of nitriles is 1. The molecule has 1 rings (SSSR count). The van der Waals surface area contributed by atoms with Gasteiger partial charge in [0.15, 0.2) is 6.10 Å². The number of hydrogen-bond acceptors (Lipinski definition) is 3. The van der Waals surface area contributed by atoms with Gasteiger partial charge in [-0.3, -0.25) is 0 Å². The number of halogens is 2. The van der Waals surface area contributed by atoms with Gasteiger partial charge in [0.1, 0.15) is 6.07 Å². The number of rotatable bonds is 3. The molecule has 0 aliphatic carbocycles. The van der Waals surface area contributed by atoms with Crippen LogP contribution in [0.2, 0.25) is 0 Å². The van der Waals surface area contributed by atoms with Crippen LogP contribution in [0.3, 0.4) is 0 Å². The minimum absolute atomic E-state index is 0.0251. The summed E-state index contributed by atoms with van der Waals surface area (Å²) in [5.74, 6) is -3.76. The fraction of sp³-hybridized carbons (Fsp3) is 0.364. The van der Waals surface area contributed by atoms with Crippen LogP contribution in [-0.4, -0.2) is 25.1 Å². The smallest absolute Gasteiger partial charge is 0.361 e.